The fourth-order valence-electron chi connectivity index (χ4n) is 4.06. The first-order valence-corrected chi connectivity index (χ1v) is 9.71. The molecule has 0 bridgehead atoms. The van der Waals surface area contributed by atoms with Gasteiger partial charge in [-0.2, -0.15) is 0 Å². The van der Waals surface area contributed by atoms with E-state index in [4.69, 9.17) is 9.26 Å². The predicted molar refractivity (Wildman–Crippen MR) is 98.4 cm³/mol. The lowest BCUT2D eigenvalue weighted by Gasteiger charge is -2.38. The maximum absolute atomic E-state index is 12.8. The Morgan fingerprint density at radius 1 is 1.22 bits per heavy atom. The molecule has 2 fully saturated rings. The van der Waals surface area contributed by atoms with E-state index in [2.05, 4.69) is 10.1 Å². The van der Waals surface area contributed by atoms with Gasteiger partial charge < -0.3 is 14.2 Å². The molecule has 4 rings (SSSR count). The van der Waals surface area contributed by atoms with E-state index in [9.17, 15) is 9.59 Å². The first-order valence-electron chi connectivity index (χ1n) is 9.71. The molecule has 3 heterocycles. The lowest BCUT2D eigenvalue weighted by Crippen LogP contribution is -2.49. The summed E-state index contributed by atoms with van der Waals surface area (Å²) in [5, 5.41) is 4.49. The summed E-state index contributed by atoms with van der Waals surface area (Å²) in [6.45, 7) is 5.61. The fraction of sp³-hybridized carbons (Fsp3) is 0.600. The van der Waals surface area contributed by atoms with Crippen LogP contribution in [0.4, 0.5) is 0 Å². The molecule has 2 atom stereocenters. The molecule has 1 saturated heterocycles. The van der Waals surface area contributed by atoms with Gasteiger partial charge >= 0.3 is 5.97 Å². The van der Waals surface area contributed by atoms with Gasteiger partial charge in [-0.3, -0.25) is 4.79 Å². The van der Waals surface area contributed by atoms with Gasteiger partial charge in [0.25, 0.3) is 11.6 Å². The highest BCUT2D eigenvalue weighted by Gasteiger charge is 2.31. The average Bonchev–Trinajstić information content (AvgIpc) is 3.42. The first kappa shape index (κ1) is 17.9. The summed E-state index contributed by atoms with van der Waals surface area (Å²) in [4.78, 5) is 31.7. The largest absolute Gasteiger partial charge is 0.452 e. The van der Waals surface area contributed by atoms with E-state index in [0.717, 1.165) is 37.8 Å². The quantitative estimate of drug-likeness (QED) is 0.766. The van der Waals surface area contributed by atoms with Crippen LogP contribution in [-0.4, -0.2) is 45.6 Å². The normalized spacial score (nSPS) is 22.9. The van der Waals surface area contributed by atoms with Crippen LogP contribution in [0.2, 0.25) is 0 Å². The number of hydrogen-bond donors (Lipinski definition) is 0. The number of carbonyl (C=O) groups is 2. The zero-order valence-electron chi connectivity index (χ0n) is 16.0. The summed E-state index contributed by atoms with van der Waals surface area (Å²) in [5.74, 6) is -0.304. The van der Waals surface area contributed by atoms with Crippen LogP contribution in [0.5, 0.6) is 0 Å². The Kier molecular flexibility index (Phi) is 4.61. The molecule has 0 aromatic carbocycles. The minimum atomic E-state index is -0.527. The van der Waals surface area contributed by atoms with Crippen LogP contribution in [-0.2, 0) is 9.53 Å². The predicted octanol–water partition coefficient (Wildman–Crippen LogP) is 3.35. The van der Waals surface area contributed by atoms with E-state index in [1.165, 1.54) is 0 Å². The minimum Gasteiger partial charge on any atom is -0.452 e. The Hall–Kier alpha value is -2.44. The van der Waals surface area contributed by atoms with Gasteiger partial charge in [0.15, 0.2) is 6.61 Å². The van der Waals surface area contributed by atoms with E-state index in [0.29, 0.717) is 28.3 Å². The van der Waals surface area contributed by atoms with Crippen molar-refractivity contribution in [1.29, 1.82) is 0 Å². The Labute approximate surface area is 158 Å². The van der Waals surface area contributed by atoms with Crippen LogP contribution < -0.4 is 0 Å². The van der Waals surface area contributed by atoms with Crippen molar-refractivity contribution >= 4 is 23.0 Å². The number of fused-ring (bicyclic) bond motifs is 1. The van der Waals surface area contributed by atoms with Crippen molar-refractivity contribution in [3.8, 4) is 0 Å². The Balaban J connectivity index is 1.53. The molecule has 0 spiro atoms. The lowest BCUT2D eigenvalue weighted by molar-refractivity contribution is -0.140. The topological polar surface area (TPSA) is 85.5 Å². The van der Waals surface area contributed by atoms with Crippen molar-refractivity contribution in [2.75, 3.05) is 6.61 Å². The summed E-state index contributed by atoms with van der Waals surface area (Å²) in [5.41, 5.74) is 2.16. The van der Waals surface area contributed by atoms with Gasteiger partial charge in [-0.25, -0.2) is 9.78 Å². The van der Waals surface area contributed by atoms with Gasteiger partial charge in [0.2, 0.25) is 0 Å². The maximum atomic E-state index is 12.8. The molecule has 7 nitrogen and oxygen atoms in total. The van der Waals surface area contributed by atoms with Crippen LogP contribution in [0.15, 0.2) is 10.6 Å². The standard InChI is InChI=1S/C20H25N3O4/c1-11-5-4-6-12(2)23(11)17(24)10-26-20(25)15-9-16(14-7-8-14)21-19-18(15)13(3)22-27-19/h9,11-12,14H,4-8,10H2,1-3H3/t11-,12+. The molecule has 27 heavy (non-hydrogen) atoms. The van der Waals surface area contributed by atoms with Crippen LogP contribution in [0.1, 0.15) is 73.6 Å². The Morgan fingerprint density at radius 2 is 1.93 bits per heavy atom. The molecule has 1 amide bonds. The number of esters is 1. The van der Waals surface area contributed by atoms with E-state index in [1.54, 1.807) is 13.0 Å². The highest BCUT2D eigenvalue weighted by Crippen LogP contribution is 2.40. The molecule has 0 N–H and O–H groups in total. The third-order valence-electron chi connectivity index (χ3n) is 5.66. The van der Waals surface area contributed by atoms with Crippen LogP contribution in [0, 0.1) is 6.92 Å². The zero-order valence-corrected chi connectivity index (χ0v) is 16.0. The third kappa shape index (κ3) is 3.42. The van der Waals surface area contributed by atoms with E-state index >= 15 is 0 Å². The van der Waals surface area contributed by atoms with Crippen LogP contribution in [0.3, 0.4) is 0 Å². The van der Waals surface area contributed by atoms with E-state index in [1.807, 2.05) is 18.7 Å². The van der Waals surface area contributed by atoms with Crippen LogP contribution in [0.25, 0.3) is 11.1 Å². The fourth-order valence-corrected chi connectivity index (χ4v) is 4.06. The summed E-state index contributed by atoms with van der Waals surface area (Å²) in [6, 6.07) is 2.12. The van der Waals surface area contributed by atoms with Crippen molar-refractivity contribution in [3.05, 3.63) is 23.0 Å². The van der Waals surface area contributed by atoms with E-state index in [-0.39, 0.29) is 24.6 Å². The van der Waals surface area contributed by atoms with Crippen molar-refractivity contribution in [2.45, 2.75) is 70.9 Å². The highest BCUT2D eigenvalue weighted by molar-refractivity contribution is 6.03. The van der Waals surface area contributed by atoms with Gasteiger partial charge in [0.1, 0.15) is 0 Å². The number of pyridine rings is 1. The van der Waals surface area contributed by atoms with Gasteiger partial charge in [0, 0.05) is 23.7 Å². The van der Waals surface area contributed by atoms with Gasteiger partial charge in [-0.05, 0) is 58.9 Å². The number of rotatable bonds is 4. The molecule has 2 aromatic heterocycles. The number of ether oxygens (including phenoxy) is 1. The molecule has 1 aliphatic heterocycles. The summed E-state index contributed by atoms with van der Waals surface area (Å²) in [7, 11) is 0. The summed E-state index contributed by atoms with van der Waals surface area (Å²) in [6.07, 6.45) is 5.21. The smallest absolute Gasteiger partial charge is 0.339 e. The number of hydrogen-bond acceptors (Lipinski definition) is 6. The van der Waals surface area contributed by atoms with Crippen LogP contribution >= 0.6 is 0 Å². The molecular formula is C20H25N3O4. The van der Waals surface area contributed by atoms with Gasteiger partial charge in [-0.15, -0.1) is 0 Å². The molecule has 1 aliphatic carbocycles. The number of aryl methyl sites for hydroxylation is 1. The van der Waals surface area contributed by atoms with Crippen molar-refractivity contribution in [1.82, 2.24) is 15.0 Å². The molecule has 2 aromatic rings. The molecule has 1 saturated carbocycles. The summed E-state index contributed by atoms with van der Waals surface area (Å²) >= 11 is 0. The molecule has 144 valence electrons. The number of nitrogens with zero attached hydrogens (tertiary/aromatic N) is 3. The second kappa shape index (κ2) is 6.94. The minimum absolute atomic E-state index is 0.141. The highest BCUT2D eigenvalue weighted by atomic mass is 16.5. The lowest BCUT2D eigenvalue weighted by atomic mass is 9.97. The average molecular weight is 371 g/mol. The molecule has 2 aliphatic rings. The second-order valence-electron chi connectivity index (χ2n) is 7.82. The number of piperidine rings is 1. The Bertz CT molecular complexity index is 877. The monoisotopic (exact) mass is 371 g/mol. The molecular weight excluding hydrogens is 346 g/mol. The summed E-state index contributed by atoms with van der Waals surface area (Å²) < 4.78 is 10.7. The molecule has 0 radical (unpaired) electrons. The van der Waals surface area contributed by atoms with E-state index < -0.39 is 5.97 Å². The van der Waals surface area contributed by atoms with Gasteiger partial charge in [0.05, 0.1) is 16.6 Å². The third-order valence-corrected chi connectivity index (χ3v) is 5.66. The zero-order chi connectivity index (χ0) is 19.1. The Morgan fingerprint density at radius 3 is 2.59 bits per heavy atom. The number of carbonyl (C=O) groups excluding carboxylic acids is 2. The molecule has 0 unspecified atom stereocenters. The maximum Gasteiger partial charge on any atom is 0.339 e. The first-order chi connectivity index (χ1) is 13.0. The van der Waals surface area contributed by atoms with Crippen molar-refractivity contribution in [2.24, 2.45) is 0 Å². The number of likely N-dealkylation sites (tertiary alicyclic amines) is 1. The van der Waals surface area contributed by atoms with Crippen molar-refractivity contribution in [3.63, 3.8) is 0 Å². The number of aromatic nitrogens is 2. The van der Waals surface area contributed by atoms with Gasteiger partial charge in [-0.1, -0.05) is 5.16 Å². The van der Waals surface area contributed by atoms with Crippen molar-refractivity contribution < 1.29 is 18.8 Å². The number of amides is 1. The molecule has 7 heteroatoms. The second-order valence-corrected chi connectivity index (χ2v) is 7.82. The SMILES string of the molecule is Cc1noc2nc(C3CC3)cc(C(=O)OCC(=O)N3[C@H](C)CCC[C@@H]3C)c12.